The molecule has 0 saturated carbocycles. The number of pyridine rings is 1. The summed E-state index contributed by atoms with van der Waals surface area (Å²) in [6.07, 6.45) is 2.72. The number of hydrogen-bond acceptors (Lipinski definition) is 5. The van der Waals surface area contributed by atoms with Gasteiger partial charge in [0.15, 0.2) is 0 Å². The Labute approximate surface area is 166 Å². The van der Waals surface area contributed by atoms with Crippen molar-refractivity contribution in [3.8, 4) is 6.07 Å². The fourth-order valence-electron chi connectivity index (χ4n) is 4.09. The maximum atomic E-state index is 12.6. The van der Waals surface area contributed by atoms with Crippen LogP contribution in [0.25, 0.3) is 0 Å². The molecule has 1 atom stereocenters. The lowest BCUT2D eigenvalue weighted by Gasteiger charge is -2.36. The zero-order valence-corrected chi connectivity index (χ0v) is 16.0. The van der Waals surface area contributed by atoms with Gasteiger partial charge in [-0.2, -0.15) is 5.26 Å². The highest BCUT2D eigenvalue weighted by Gasteiger charge is 2.29. The van der Waals surface area contributed by atoms with Crippen LogP contribution >= 0.6 is 0 Å². The Morgan fingerprint density at radius 3 is 2.54 bits per heavy atom. The summed E-state index contributed by atoms with van der Waals surface area (Å²) in [6, 6.07) is 15.4. The van der Waals surface area contributed by atoms with Gasteiger partial charge < -0.3 is 9.80 Å². The number of carbonyl (C=O) groups is 1. The summed E-state index contributed by atoms with van der Waals surface area (Å²) in [5.41, 5.74) is 1.38. The molecule has 1 aromatic carbocycles. The fourth-order valence-corrected chi connectivity index (χ4v) is 4.09. The van der Waals surface area contributed by atoms with Gasteiger partial charge in [0, 0.05) is 57.6 Å². The number of benzene rings is 1. The first-order valence-corrected chi connectivity index (χ1v) is 9.91. The lowest BCUT2D eigenvalue weighted by atomic mass is 10.1. The van der Waals surface area contributed by atoms with E-state index in [-0.39, 0.29) is 5.91 Å². The Balaban J connectivity index is 1.25. The van der Waals surface area contributed by atoms with E-state index in [1.54, 1.807) is 6.20 Å². The molecular formula is C22H25N5O. The summed E-state index contributed by atoms with van der Waals surface area (Å²) in [7, 11) is 0. The molecule has 0 radical (unpaired) electrons. The maximum Gasteiger partial charge on any atom is 0.253 e. The molecule has 2 saturated heterocycles. The summed E-state index contributed by atoms with van der Waals surface area (Å²) in [6.45, 7) is 6.65. The molecule has 0 N–H and O–H groups in total. The van der Waals surface area contributed by atoms with E-state index in [1.807, 2.05) is 47.4 Å². The van der Waals surface area contributed by atoms with Crippen LogP contribution in [-0.2, 0) is 0 Å². The van der Waals surface area contributed by atoms with Gasteiger partial charge in [0.05, 0.1) is 5.56 Å². The van der Waals surface area contributed by atoms with Crippen molar-refractivity contribution in [1.29, 1.82) is 5.26 Å². The third-order valence-corrected chi connectivity index (χ3v) is 5.68. The minimum atomic E-state index is 0.153. The molecule has 1 aromatic heterocycles. The van der Waals surface area contributed by atoms with Crippen LogP contribution in [0.4, 0.5) is 5.82 Å². The van der Waals surface area contributed by atoms with Crippen LogP contribution in [-0.4, -0.2) is 66.5 Å². The summed E-state index contributed by atoms with van der Waals surface area (Å²) in [5.74, 6) is 1.64. The van der Waals surface area contributed by atoms with Crippen molar-refractivity contribution in [2.75, 3.05) is 50.7 Å². The van der Waals surface area contributed by atoms with Gasteiger partial charge >= 0.3 is 0 Å². The quantitative estimate of drug-likeness (QED) is 0.820. The number of piperazine rings is 1. The third kappa shape index (κ3) is 4.15. The monoisotopic (exact) mass is 375 g/mol. The molecule has 0 spiro atoms. The first-order valence-electron chi connectivity index (χ1n) is 9.91. The van der Waals surface area contributed by atoms with Gasteiger partial charge in [0.2, 0.25) is 0 Å². The molecule has 0 aliphatic carbocycles. The second-order valence-corrected chi connectivity index (χ2v) is 7.58. The Morgan fingerprint density at radius 2 is 1.86 bits per heavy atom. The van der Waals surface area contributed by atoms with Crippen LogP contribution in [0, 0.1) is 17.2 Å². The van der Waals surface area contributed by atoms with Crippen molar-refractivity contribution in [2.45, 2.75) is 6.42 Å². The third-order valence-electron chi connectivity index (χ3n) is 5.68. The smallest absolute Gasteiger partial charge is 0.253 e. The predicted octanol–water partition coefficient (Wildman–Crippen LogP) is 2.24. The van der Waals surface area contributed by atoms with Gasteiger partial charge in [0.25, 0.3) is 5.91 Å². The molecule has 1 amide bonds. The maximum absolute atomic E-state index is 12.6. The van der Waals surface area contributed by atoms with Crippen LogP contribution in [0.5, 0.6) is 0 Å². The minimum absolute atomic E-state index is 0.153. The molecule has 2 aliphatic rings. The summed E-state index contributed by atoms with van der Waals surface area (Å²) in [4.78, 5) is 23.8. The molecule has 6 nitrogen and oxygen atoms in total. The summed E-state index contributed by atoms with van der Waals surface area (Å²) in [5, 5.41) is 8.89. The molecule has 1 unspecified atom stereocenters. The van der Waals surface area contributed by atoms with E-state index in [0.29, 0.717) is 11.5 Å². The van der Waals surface area contributed by atoms with Gasteiger partial charge in [-0.25, -0.2) is 4.98 Å². The summed E-state index contributed by atoms with van der Waals surface area (Å²) < 4.78 is 0. The van der Waals surface area contributed by atoms with Crippen molar-refractivity contribution in [3.63, 3.8) is 0 Å². The molecule has 6 heteroatoms. The Morgan fingerprint density at radius 1 is 1.07 bits per heavy atom. The van der Waals surface area contributed by atoms with Gasteiger partial charge in [-0.05, 0) is 36.6 Å². The fraction of sp³-hybridized carbons (Fsp3) is 0.409. The minimum Gasteiger partial charge on any atom is -0.354 e. The molecular weight excluding hydrogens is 350 g/mol. The average Bonchev–Trinajstić information content (AvgIpc) is 3.23. The first-order chi connectivity index (χ1) is 13.7. The van der Waals surface area contributed by atoms with E-state index in [2.05, 4.69) is 20.9 Å². The molecule has 0 bridgehead atoms. The number of nitriles is 1. The van der Waals surface area contributed by atoms with Gasteiger partial charge in [-0.1, -0.05) is 18.2 Å². The number of likely N-dealkylation sites (tertiary alicyclic amines) is 1. The second-order valence-electron chi connectivity index (χ2n) is 7.58. The van der Waals surface area contributed by atoms with Crippen LogP contribution in [0.1, 0.15) is 22.3 Å². The van der Waals surface area contributed by atoms with Crippen molar-refractivity contribution >= 4 is 11.7 Å². The highest BCUT2D eigenvalue weighted by atomic mass is 16.2. The van der Waals surface area contributed by atoms with E-state index in [4.69, 9.17) is 5.26 Å². The molecule has 28 heavy (non-hydrogen) atoms. The standard InChI is InChI=1S/C22H25N5O/c23-14-18-6-7-21(24-15-18)26-12-10-25(11-13-26)16-19-8-9-27(17-19)22(28)20-4-2-1-3-5-20/h1-7,15,19H,8-13,16-17H2. The number of nitrogens with zero attached hydrogens (tertiary/aromatic N) is 5. The zero-order chi connectivity index (χ0) is 19.3. The number of hydrogen-bond donors (Lipinski definition) is 0. The van der Waals surface area contributed by atoms with Crippen LogP contribution in [0.2, 0.25) is 0 Å². The van der Waals surface area contributed by atoms with Gasteiger partial charge in [-0.15, -0.1) is 0 Å². The van der Waals surface area contributed by atoms with E-state index in [9.17, 15) is 4.79 Å². The normalized spacial score (nSPS) is 20.2. The lowest BCUT2D eigenvalue weighted by Crippen LogP contribution is -2.48. The van der Waals surface area contributed by atoms with Crippen LogP contribution < -0.4 is 4.90 Å². The number of aromatic nitrogens is 1. The van der Waals surface area contributed by atoms with E-state index < -0.39 is 0 Å². The van der Waals surface area contributed by atoms with E-state index in [0.717, 1.165) is 63.6 Å². The molecule has 4 rings (SSSR count). The highest BCUT2D eigenvalue weighted by molar-refractivity contribution is 5.94. The number of anilines is 1. The second kappa shape index (κ2) is 8.41. The molecule has 144 valence electrons. The average molecular weight is 375 g/mol. The van der Waals surface area contributed by atoms with E-state index in [1.165, 1.54) is 0 Å². The Bertz CT molecular complexity index is 837. The van der Waals surface area contributed by atoms with Crippen molar-refractivity contribution < 1.29 is 4.79 Å². The molecule has 2 aliphatic heterocycles. The zero-order valence-electron chi connectivity index (χ0n) is 16.0. The molecule has 3 heterocycles. The highest BCUT2D eigenvalue weighted by Crippen LogP contribution is 2.21. The Kier molecular flexibility index (Phi) is 5.54. The number of amides is 1. The first kappa shape index (κ1) is 18.5. The van der Waals surface area contributed by atoms with Crippen LogP contribution in [0.3, 0.4) is 0 Å². The van der Waals surface area contributed by atoms with Crippen LogP contribution in [0.15, 0.2) is 48.7 Å². The largest absolute Gasteiger partial charge is 0.354 e. The molecule has 2 fully saturated rings. The topological polar surface area (TPSA) is 63.5 Å². The van der Waals surface area contributed by atoms with Crippen molar-refractivity contribution in [2.24, 2.45) is 5.92 Å². The number of rotatable bonds is 4. The van der Waals surface area contributed by atoms with Crippen molar-refractivity contribution in [1.82, 2.24) is 14.8 Å². The summed E-state index contributed by atoms with van der Waals surface area (Å²) >= 11 is 0. The van der Waals surface area contributed by atoms with Gasteiger partial charge in [0.1, 0.15) is 11.9 Å². The SMILES string of the molecule is N#Cc1ccc(N2CCN(CC3CCN(C(=O)c4ccccc4)C3)CC2)nc1. The molecule has 2 aromatic rings. The predicted molar refractivity (Wildman–Crippen MR) is 108 cm³/mol. The number of carbonyl (C=O) groups excluding carboxylic acids is 1. The van der Waals surface area contributed by atoms with E-state index >= 15 is 0 Å². The van der Waals surface area contributed by atoms with Gasteiger partial charge in [-0.3, -0.25) is 9.69 Å². The lowest BCUT2D eigenvalue weighted by molar-refractivity contribution is 0.0783. The van der Waals surface area contributed by atoms with Crippen molar-refractivity contribution in [3.05, 3.63) is 59.8 Å². The Hall–Kier alpha value is -2.91.